The van der Waals surface area contributed by atoms with Crippen LogP contribution in [0.3, 0.4) is 0 Å². The number of aryl methyl sites for hydroxylation is 1. The van der Waals surface area contributed by atoms with Gasteiger partial charge in [-0.2, -0.15) is 8.78 Å². The van der Waals surface area contributed by atoms with E-state index < -0.39 is 18.6 Å². The molecule has 0 radical (unpaired) electrons. The number of amides is 1. The molecule has 1 saturated heterocycles. The van der Waals surface area contributed by atoms with E-state index in [2.05, 4.69) is 11.8 Å². The van der Waals surface area contributed by atoms with Crippen LogP contribution in [0, 0.1) is 18.8 Å². The van der Waals surface area contributed by atoms with Crippen LogP contribution in [0.2, 0.25) is 0 Å². The minimum absolute atomic E-state index is 0.00178. The number of halogens is 2. The third-order valence-corrected chi connectivity index (χ3v) is 3.26. The van der Waals surface area contributed by atoms with E-state index in [0.29, 0.717) is 0 Å². The Labute approximate surface area is 121 Å². The van der Waals surface area contributed by atoms with Gasteiger partial charge < -0.3 is 10.0 Å². The van der Waals surface area contributed by atoms with E-state index in [4.69, 9.17) is 5.11 Å². The summed E-state index contributed by atoms with van der Waals surface area (Å²) in [4.78, 5) is 11.5. The van der Waals surface area contributed by atoms with Crippen molar-refractivity contribution in [2.45, 2.75) is 19.3 Å². The Morgan fingerprint density at radius 1 is 1.48 bits per heavy atom. The van der Waals surface area contributed by atoms with E-state index in [1.54, 1.807) is 0 Å². The molecule has 21 heavy (non-hydrogen) atoms. The summed E-state index contributed by atoms with van der Waals surface area (Å²) in [6.07, 6.45) is -0.108. The van der Waals surface area contributed by atoms with Crippen molar-refractivity contribution in [1.82, 2.24) is 4.90 Å². The van der Waals surface area contributed by atoms with Crippen LogP contribution in [0.1, 0.15) is 17.5 Å². The number of allylic oxidation sites excluding steroid dienone is 1. The predicted molar refractivity (Wildman–Crippen MR) is 75.3 cm³/mol. The second-order valence-electron chi connectivity index (χ2n) is 4.97. The van der Waals surface area contributed by atoms with Gasteiger partial charge in [0.1, 0.15) is 0 Å². The van der Waals surface area contributed by atoms with Crippen molar-refractivity contribution in [3.05, 3.63) is 47.0 Å². The standard InChI is InChI=1S/C16H15F2NO2/c1-12-4-2-5-13(10-12)6-3-7-14-8-9-19(15(20)21)11-16(14,17)18/h2,4-5,7,10H,8-9,11H2,1H3,(H,20,21)/b14-7+. The van der Waals surface area contributed by atoms with Crippen molar-refractivity contribution in [2.24, 2.45) is 0 Å². The molecule has 110 valence electrons. The Kier molecular flexibility index (Phi) is 4.27. The molecule has 0 spiro atoms. The molecule has 1 N–H and O–H groups in total. The van der Waals surface area contributed by atoms with Crippen molar-refractivity contribution >= 4 is 6.09 Å². The first-order valence-electron chi connectivity index (χ1n) is 6.52. The van der Waals surface area contributed by atoms with Crippen LogP contribution in [0.4, 0.5) is 13.6 Å². The van der Waals surface area contributed by atoms with Gasteiger partial charge in [0.15, 0.2) is 0 Å². The van der Waals surface area contributed by atoms with Crippen molar-refractivity contribution < 1.29 is 18.7 Å². The maximum absolute atomic E-state index is 13.8. The monoisotopic (exact) mass is 291 g/mol. The summed E-state index contributed by atoms with van der Waals surface area (Å²) in [6, 6.07) is 7.46. The van der Waals surface area contributed by atoms with E-state index in [1.165, 1.54) is 6.08 Å². The highest BCUT2D eigenvalue weighted by molar-refractivity contribution is 5.65. The molecule has 1 aromatic rings. The van der Waals surface area contributed by atoms with E-state index in [-0.39, 0.29) is 18.5 Å². The summed E-state index contributed by atoms with van der Waals surface area (Å²) >= 11 is 0. The average molecular weight is 291 g/mol. The second-order valence-corrected chi connectivity index (χ2v) is 4.97. The van der Waals surface area contributed by atoms with Crippen molar-refractivity contribution in [1.29, 1.82) is 0 Å². The molecule has 0 bridgehead atoms. The van der Waals surface area contributed by atoms with Gasteiger partial charge in [-0.25, -0.2) is 4.79 Å². The Balaban J connectivity index is 2.14. The summed E-state index contributed by atoms with van der Waals surface area (Å²) in [6.45, 7) is 1.20. The predicted octanol–water partition coefficient (Wildman–Crippen LogP) is 3.29. The zero-order valence-corrected chi connectivity index (χ0v) is 11.6. The molecule has 5 heteroatoms. The molecule has 0 aliphatic carbocycles. The van der Waals surface area contributed by atoms with Gasteiger partial charge in [-0.15, -0.1) is 0 Å². The lowest BCUT2D eigenvalue weighted by molar-refractivity contribution is -0.0138. The smallest absolute Gasteiger partial charge is 0.407 e. The molecular weight excluding hydrogens is 276 g/mol. The summed E-state index contributed by atoms with van der Waals surface area (Å²) in [5.41, 5.74) is 1.70. The number of nitrogens with zero attached hydrogens (tertiary/aromatic N) is 1. The quantitative estimate of drug-likeness (QED) is 0.745. The number of carbonyl (C=O) groups is 1. The van der Waals surface area contributed by atoms with E-state index in [0.717, 1.165) is 16.0 Å². The fourth-order valence-electron chi connectivity index (χ4n) is 2.13. The molecule has 0 saturated carbocycles. The van der Waals surface area contributed by atoms with Crippen LogP contribution in [-0.2, 0) is 0 Å². The molecule has 1 amide bonds. The first-order chi connectivity index (χ1) is 9.88. The largest absolute Gasteiger partial charge is 0.465 e. The fourth-order valence-corrected chi connectivity index (χ4v) is 2.13. The SMILES string of the molecule is Cc1cccc(C#C/C=C2\CCN(C(=O)O)CC2(F)F)c1. The molecule has 1 aromatic carbocycles. The molecule has 1 aliphatic heterocycles. The van der Waals surface area contributed by atoms with Crippen LogP contribution >= 0.6 is 0 Å². The number of rotatable bonds is 0. The van der Waals surface area contributed by atoms with Gasteiger partial charge in [0.2, 0.25) is 0 Å². The van der Waals surface area contributed by atoms with Crippen LogP contribution in [0.15, 0.2) is 35.9 Å². The molecule has 1 fully saturated rings. The van der Waals surface area contributed by atoms with E-state index in [9.17, 15) is 13.6 Å². The van der Waals surface area contributed by atoms with Gasteiger partial charge in [0.05, 0.1) is 6.54 Å². The molecular formula is C16H15F2NO2. The summed E-state index contributed by atoms with van der Waals surface area (Å²) < 4.78 is 27.7. The maximum atomic E-state index is 13.8. The zero-order valence-electron chi connectivity index (χ0n) is 11.6. The number of hydrogen-bond acceptors (Lipinski definition) is 1. The second kappa shape index (κ2) is 5.96. The molecule has 3 nitrogen and oxygen atoms in total. The Bertz CT molecular complexity index is 641. The van der Waals surface area contributed by atoms with Crippen LogP contribution in [0.5, 0.6) is 0 Å². The van der Waals surface area contributed by atoms with Gasteiger partial charge in [-0.1, -0.05) is 24.0 Å². The lowest BCUT2D eigenvalue weighted by Crippen LogP contribution is -2.46. The van der Waals surface area contributed by atoms with Crippen molar-refractivity contribution in [3.8, 4) is 11.8 Å². The zero-order chi connectivity index (χ0) is 15.5. The lowest BCUT2D eigenvalue weighted by atomic mass is 10.00. The molecule has 0 aromatic heterocycles. The van der Waals surface area contributed by atoms with Crippen LogP contribution < -0.4 is 0 Å². The number of hydrogen-bond donors (Lipinski definition) is 1. The normalized spacial score (nSPS) is 19.0. The summed E-state index contributed by atoms with van der Waals surface area (Å²) in [7, 11) is 0. The van der Waals surface area contributed by atoms with Gasteiger partial charge >= 0.3 is 6.09 Å². The molecule has 1 heterocycles. The number of benzene rings is 1. The van der Waals surface area contributed by atoms with Gasteiger partial charge in [0.25, 0.3) is 5.92 Å². The minimum Gasteiger partial charge on any atom is -0.465 e. The highest BCUT2D eigenvalue weighted by atomic mass is 19.3. The fraction of sp³-hybridized carbons (Fsp3) is 0.312. The Morgan fingerprint density at radius 3 is 2.86 bits per heavy atom. The van der Waals surface area contributed by atoms with E-state index >= 15 is 0 Å². The van der Waals surface area contributed by atoms with Gasteiger partial charge in [0, 0.05) is 17.7 Å². The lowest BCUT2D eigenvalue weighted by Gasteiger charge is -2.32. The molecule has 0 unspecified atom stereocenters. The minimum atomic E-state index is -3.15. The highest BCUT2D eigenvalue weighted by Gasteiger charge is 2.41. The van der Waals surface area contributed by atoms with Crippen molar-refractivity contribution in [2.75, 3.05) is 13.1 Å². The van der Waals surface area contributed by atoms with E-state index in [1.807, 2.05) is 31.2 Å². The van der Waals surface area contributed by atoms with Gasteiger partial charge in [-0.05, 0) is 37.1 Å². The first kappa shape index (κ1) is 15.0. The Morgan fingerprint density at radius 2 is 2.24 bits per heavy atom. The number of likely N-dealkylation sites (tertiary alicyclic amines) is 1. The third-order valence-electron chi connectivity index (χ3n) is 3.26. The first-order valence-corrected chi connectivity index (χ1v) is 6.52. The third kappa shape index (κ3) is 3.82. The Hall–Kier alpha value is -2.35. The maximum Gasteiger partial charge on any atom is 0.407 e. The van der Waals surface area contributed by atoms with Crippen molar-refractivity contribution in [3.63, 3.8) is 0 Å². The number of alkyl halides is 2. The summed E-state index contributed by atoms with van der Waals surface area (Å²) in [5.74, 6) is 2.30. The molecule has 1 aliphatic rings. The average Bonchev–Trinajstić information content (AvgIpc) is 2.40. The number of carboxylic acid groups (broad SMARTS) is 1. The van der Waals surface area contributed by atoms with Crippen LogP contribution in [-0.4, -0.2) is 35.1 Å². The highest BCUT2D eigenvalue weighted by Crippen LogP contribution is 2.32. The molecule has 2 rings (SSSR count). The van der Waals surface area contributed by atoms with Gasteiger partial charge in [-0.3, -0.25) is 0 Å². The topological polar surface area (TPSA) is 40.5 Å². The molecule has 0 atom stereocenters. The summed E-state index contributed by atoms with van der Waals surface area (Å²) in [5, 5.41) is 8.75. The van der Waals surface area contributed by atoms with Crippen LogP contribution in [0.25, 0.3) is 0 Å². The number of piperidine rings is 1.